The topological polar surface area (TPSA) is 117 Å². The zero-order valence-corrected chi connectivity index (χ0v) is 60.3. The van der Waals surface area contributed by atoms with E-state index in [-0.39, 0.29) is 0 Å². The number of aromatic amines is 4. The third-order valence-corrected chi connectivity index (χ3v) is 21.1. The molecular weight excluding hydrogens is 1270 g/mol. The monoisotopic (exact) mass is 1340 g/mol. The number of nitrogens with zero attached hydrogens (tertiary/aromatic N) is 4. The largest absolute Gasteiger partial charge is 0.354 e. The molecule has 15 rings (SSSR count). The second-order valence-electron chi connectivity index (χ2n) is 27.5. The molecule has 4 N–H and O–H groups in total. The van der Waals surface area contributed by atoms with E-state index in [0.29, 0.717) is 11.1 Å². The molecule has 0 amide bonds. The molecule has 0 spiro atoms. The summed E-state index contributed by atoms with van der Waals surface area (Å²) < 4.78 is 0. The van der Waals surface area contributed by atoms with Crippen LogP contribution in [0.15, 0.2) is 255 Å². The van der Waals surface area contributed by atoms with Gasteiger partial charge in [0.1, 0.15) is 0 Å². The summed E-state index contributed by atoms with van der Waals surface area (Å²) in [6, 6.07) is 94.5. The molecule has 8 nitrogen and oxygen atoms in total. The van der Waals surface area contributed by atoms with Gasteiger partial charge in [-0.2, -0.15) is 10.5 Å². The molecule has 8 heteroatoms. The molecule has 8 bridgehead atoms. The molecule has 504 valence electrons. The summed E-state index contributed by atoms with van der Waals surface area (Å²) in [6.07, 6.45) is 8.74. The van der Waals surface area contributed by atoms with Crippen LogP contribution in [-0.4, -0.2) is 19.9 Å². The van der Waals surface area contributed by atoms with E-state index < -0.39 is 0 Å². The number of fused-ring (bicyclic) bond motifs is 8. The maximum atomic E-state index is 10.2. The maximum Gasteiger partial charge on any atom is 0.0991 e. The Balaban J connectivity index is 0.883. The van der Waals surface area contributed by atoms with Crippen LogP contribution in [-0.2, 0) is 0 Å². The van der Waals surface area contributed by atoms with Crippen LogP contribution >= 0.6 is 0 Å². The number of anilines is 6. The number of hydrogen-bond donors (Lipinski definition) is 4. The quantitative estimate of drug-likeness (QED) is 0.0812. The van der Waals surface area contributed by atoms with Crippen molar-refractivity contribution in [2.24, 2.45) is 0 Å². The maximum absolute atomic E-state index is 10.2. The molecule has 0 aliphatic carbocycles. The molecule has 0 saturated carbocycles. The van der Waals surface area contributed by atoms with Gasteiger partial charge in [0.15, 0.2) is 0 Å². The molecule has 10 aromatic carbocycles. The first kappa shape index (κ1) is 66.7. The molecule has 0 radical (unpaired) electrons. The Bertz CT molecular complexity index is 5630. The summed E-state index contributed by atoms with van der Waals surface area (Å²) in [4.78, 5) is 21.2. The first-order valence-electron chi connectivity index (χ1n) is 35.5. The van der Waals surface area contributed by atoms with E-state index in [9.17, 15) is 10.5 Å². The van der Waals surface area contributed by atoms with Gasteiger partial charge in [-0.3, -0.25) is 0 Å². The van der Waals surface area contributed by atoms with Crippen LogP contribution in [0.25, 0.3) is 46.6 Å². The van der Waals surface area contributed by atoms with E-state index in [1.165, 1.54) is 11.1 Å². The lowest BCUT2D eigenvalue weighted by molar-refractivity contribution is 1.17. The van der Waals surface area contributed by atoms with Crippen molar-refractivity contribution in [3.05, 3.63) is 410 Å². The number of benzene rings is 10. The lowest BCUT2D eigenvalue weighted by Crippen LogP contribution is -2.21. The summed E-state index contributed by atoms with van der Waals surface area (Å²) in [7, 11) is 0. The van der Waals surface area contributed by atoms with E-state index in [2.05, 4.69) is 366 Å². The standard InChI is InChI=1S/C96H80N8/c1-59-21-49-81(50-22-59)103(79-17-13-11-14-18-79)83-53-37-71(38-54-83)27-25-69-29-41-75(42-30-69)85-89-61(3)65(7)93(99-89)87(77-45-33-73(57-97)34-46-77)95-67(9)63(5)91(101-95)86(92-64(6)68(10)96(102-92)88(78-47-35-74(58-98)36-48-78)94-66(8)62(4)90(85)100-94)76-43-31-70(32-44-76)26-28-72-39-55-84(56-40-72)104(80-19-15-12-16-20-80)82-51-23-60(2)24-52-82/h11-56,99-102H,1-10H3/b27-25+,28-26+,89-85?,90-85?,91-86?,92-86?,93-87?,94-88?,95-87?,96-88?. The number of aryl methyl sites for hydroxylation is 2. The van der Waals surface area contributed by atoms with E-state index in [1.807, 2.05) is 24.3 Å². The predicted molar refractivity (Wildman–Crippen MR) is 431 cm³/mol. The number of rotatable bonds is 14. The minimum atomic E-state index is 0.591. The summed E-state index contributed by atoms with van der Waals surface area (Å²) in [6.45, 7) is 22.1. The number of aromatic nitrogens is 4. The van der Waals surface area contributed by atoms with Crippen molar-refractivity contribution in [3.63, 3.8) is 0 Å². The lowest BCUT2D eigenvalue weighted by Gasteiger charge is -2.25. The number of nitriles is 2. The van der Waals surface area contributed by atoms with Crippen molar-refractivity contribution in [2.45, 2.75) is 69.2 Å². The van der Waals surface area contributed by atoms with Crippen LogP contribution < -0.4 is 31.2 Å². The van der Waals surface area contributed by atoms with E-state index in [0.717, 1.165) is 190 Å². The fourth-order valence-electron chi connectivity index (χ4n) is 14.6. The molecule has 1 aliphatic rings. The normalized spacial score (nSPS) is 12.2. The van der Waals surface area contributed by atoms with Gasteiger partial charge in [-0.15, -0.1) is 0 Å². The molecule has 14 aromatic rings. The van der Waals surface area contributed by atoms with Gasteiger partial charge in [0, 0.05) is 56.4 Å². The molecule has 0 unspecified atom stereocenters. The van der Waals surface area contributed by atoms with Gasteiger partial charge in [-0.05, 0) is 255 Å². The van der Waals surface area contributed by atoms with Crippen molar-refractivity contribution in [3.8, 4) is 12.1 Å². The Morgan fingerprint density at radius 2 is 0.462 bits per heavy atom. The van der Waals surface area contributed by atoms with Gasteiger partial charge >= 0.3 is 0 Å². The summed E-state index contributed by atoms with van der Waals surface area (Å²) >= 11 is 0. The Labute approximate surface area is 608 Å². The highest BCUT2D eigenvalue weighted by Crippen LogP contribution is 2.40. The molecule has 0 saturated heterocycles. The Morgan fingerprint density at radius 3 is 0.712 bits per heavy atom. The smallest absolute Gasteiger partial charge is 0.0991 e. The predicted octanol–water partition coefficient (Wildman–Crippen LogP) is 20.4. The molecule has 4 aromatic heterocycles. The minimum Gasteiger partial charge on any atom is -0.354 e. The molecule has 1 aliphatic heterocycles. The van der Waals surface area contributed by atoms with Crippen LogP contribution in [0.1, 0.15) is 134 Å². The molecular formula is C96H80N8. The van der Waals surface area contributed by atoms with Crippen LogP contribution in [0, 0.1) is 91.9 Å². The first-order chi connectivity index (χ1) is 50.6. The van der Waals surface area contributed by atoms with Crippen molar-refractivity contribution in [1.29, 1.82) is 10.5 Å². The highest BCUT2D eigenvalue weighted by molar-refractivity contribution is 5.90. The second-order valence-corrected chi connectivity index (χ2v) is 27.5. The summed E-state index contributed by atoms with van der Waals surface area (Å²) in [5.41, 5.74) is 35.5. The SMILES string of the molecule is Cc1ccc(N(c2ccccc2)c2ccc(/C=C/c3ccc(C4=c5[nH]c(c(C)c5C)=C(c5ccc(C#N)cc5)c5[nH]c(c(C)c5C)C(c5ccc(/C=C/c6ccc(N(c7ccccc7)c7ccc(C)cc7)cc6)cc5)=c5[nH]c(c(C)c5C)=C(c5ccc(C#N)cc5)c5[nH]c4c(C)c5C)cc3)cc2)cc1. The highest BCUT2D eigenvalue weighted by Gasteiger charge is 2.28. The highest BCUT2D eigenvalue weighted by atomic mass is 15.1. The van der Waals surface area contributed by atoms with Crippen molar-refractivity contribution < 1.29 is 0 Å². The summed E-state index contributed by atoms with van der Waals surface area (Å²) in [5, 5.41) is 24.3. The third-order valence-electron chi connectivity index (χ3n) is 21.1. The van der Waals surface area contributed by atoms with Crippen LogP contribution in [0.3, 0.4) is 0 Å². The van der Waals surface area contributed by atoms with Gasteiger partial charge in [0.05, 0.1) is 67.4 Å². The molecule has 0 fully saturated rings. The third kappa shape index (κ3) is 12.7. The fraction of sp³-hybridized carbons (Fsp3) is 0.104. The van der Waals surface area contributed by atoms with Crippen LogP contribution in [0.2, 0.25) is 0 Å². The first-order valence-corrected chi connectivity index (χ1v) is 35.5. The lowest BCUT2D eigenvalue weighted by atomic mass is 9.94. The Morgan fingerprint density at radius 1 is 0.240 bits per heavy atom. The van der Waals surface area contributed by atoms with Gasteiger partial charge in [0.2, 0.25) is 0 Å². The van der Waals surface area contributed by atoms with Crippen molar-refractivity contribution >= 4 is 80.7 Å². The van der Waals surface area contributed by atoms with E-state index in [4.69, 9.17) is 0 Å². The van der Waals surface area contributed by atoms with E-state index >= 15 is 0 Å². The zero-order valence-electron chi connectivity index (χ0n) is 60.3. The number of hydrogen-bond acceptors (Lipinski definition) is 4. The van der Waals surface area contributed by atoms with Gasteiger partial charge in [-0.25, -0.2) is 0 Å². The van der Waals surface area contributed by atoms with Crippen LogP contribution in [0.5, 0.6) is 0 Å². The van der Waals surface area contributed by atoms with E-state index in [1.54, 1.807) is 0 Å². The number of H-pyrrole nitrogens is 4. The molecule has 0 atom stereocenters. The van der Waals surface area contributed by atoms with Crippen LogP contribution in [0.4, 0.5) is 34.1 Å². The fourth-order valence-corrected chi connectivity index (χ4v) is 14.6. The Hall–Kier alpha value is -13.1. The Kier molecular flexibility index (Phi) is 18.0. The average molecular weight is 1350 g/mol. The number of nitrogens with one attached hydrogen (secondary N) is 4. The van der Waals surface area contributed by atoms with Crippen molar-refractivity contribution in [1.82, 2.24) is 19.9 Å². The van der Waals surface area contributed by atoms with Crippen molar-refractivity contribution in [2.75, 3.05) is 9.80 Å². The molecule has 5 heterocycles. The average Bonchev–Trinajstić information content (AvgIpc) is 1.57. The number of para-hydroxylation sites is 2. The molecule has 104 heavy (non-hydrogen) atoms. The minimum absolute atomic E-state index is 0.591. The van der Waals surface area contributed by atoms with Gasteiger partial charge in [-0.1, -0.05) is 193 Å². The summed E-state index contributed by atoms with van der Waals surface area (Å²) in [5.74, 6) is 0. The zero-order chi connectivity index (χ0) is 71.9. The van der Waals surface area contributed by atoms with Gasteiger partial charge in [0.25, 0.3) is 0 Å². The second kappa shape index (κ2) is 28.1. The van der Waals surface area contributed by atoms with Gasteiger partial charge < -0.3 is 29.7 Å².